The van der Waals surface area contributed by atoms with Crippen molar-refractivity contribution in [2.45, 2.75) is 96.9 Å². The summed E-state index contributed by atoms with van der Waals surface area (Å²) >= 11 is 0. The Morgan fingerprint density at radius 2 is 1.86 bits per heavy atom. The summed E-state index contributed by atoms with van der Waals surface area (Å²) in [5, 5.41) is 22.9. The first-order chi connectivity index (χ1) is 13.3. The molecule has 162 valence electrons. The number of hydrogen-bond acceptors (Lipinski definition) is 5. The fourth-order valence-electron chi connectivity index (χ4n) is 7.39. The van der Waals surface area contributed by atoms with Crippen LogP contribution >= 0.6 is 0 Å². The molecule has 0 radical (unpaired) electrons. The van der Waals surface area contributed by atoms with Crippen LogP contribution in [0.4, 0.5) is 0 Å². The van der Waals surface area contributed by atoms with Crippen molar-refractivity contribution in [2.75, 3.05) is 0 Å². The minimum absolute atomic E-state index is 0.0784. The van der Waals surface area contributed by atoms with Crippen LogP contribution in [-0.4, -0.2) is 39.3 Å². The third-order valence-electron chi connectivity index (χ3n) is 8.78. The van der Waals surface area contributed by atoms with E-state index in [1.807, 2.05) is 33.8 Å². The molecule has 3 saturated carbocycles. The Balaban J connectivity index is 1.68. The van der Waals surface area contributed by atoms with E-state index < -0.39 is 28.7 Å². The molecule has 5 heteroatoms. The molecule has 0 aromatic rings. The van der Waals surface area contributed by atoms with Gasteiger partial charge in [-0.3, -0.25) is 4.79 Å². The van der Waals surface area contributed by atoms with E-state index in [9.17, 15) is 19.8 Å². The molecule has 0 spiro atoms. The van der Waals surface area contributed by atoms with Crippen LogP contribution < -0.4 is 0 Å². The molecule has 0 aromatic heterocycles. The van der Waals surface area contributed by atoms with Gasteiger partial charge in [-0.25, -0.2) is 4.79 Å². The minimum Gasteiger partial charge on any atom is -0.458 e. The van der Waals surface area contributed by atoms with Gasteiger partial charge in [-0.05, 0) is 88.5 Å². The fraction of sp³-hybridized carbons (Fsp3) is 0.833. The molecule has 0 bridgehead atoms. The zero-order valence-electron chi connectivity index (χ0n) is 18.5. The molecule has 4 aliphatic carbocycles. The lowest BCUT2D eigenvalue weighted by atomic mass is 9.45. The molecular weight excluding hydrogens is 368 g/mol. The van der Waals surface area contributed by atoms with Crippen molar-refractivity contribution >= 4 is 11.8 Å². The van der Waals surface area contributed by atoms with Gasteiger partial charge in [-0.2, -0.15) is 0 Å². The SMILES string of the molecule is CC(C)(C)OC(=O)[C@]1(O)CCC2C3CCC4=CC(=O)CC[C@@]4(C)C3[C@H](O)C[C@]21C. The number of aliphatic hydroxyl groups excluding tert-OH is 1. The van der Waals surface area contributed by atoms with Crippen LogP contribution in [0, 0.1) is 28.6 Å². The standard InChI is InChI=1S/C24H36O5/c1-21(2,3)29-20(27)24(28)11-9-17-16-7-6-14-12-15(25)8-10-22(14,4)19(16)18(26)13-23(17,24)5/h12,16-19,26,28H,6-11,13H2,1-5H3/t16?,17?,18-,19?,22-,23-,24-/m1/s1. The van der Waals surface area contributed by atoms with Crippen molar-refractivity contribution in [3.8, 4) is 0 Å². The first-order valence-electron chi connectivity index (χ1n) is 11.2. The van der Waals surface area contributed by atoms with Gasteiger partial charge in [0.15, 0.2) is 11.4 Å². The van der Waals surface area contributed by atoms with Gasteiger partial charge in [0.25, 0.3) is 0 Å². The van der Waals surface area contributed by atoms with Crippen LogP contribution in [0.5, 0.6) is 0 Å². The number of rotatable bonds is 1. The van der Waals surface area contributed by atoms with Crippen molar-refractivity contribution in [3.63, 3.8) is 0 Å². The van der Waals surface area contributed by atoms with E-state index >= 15 is 0 Å². The Hall–Kier alpha value is -1.20. The first-order valence-corrected chi connectivity index (χ1v) is 11.2. The Morgan fingerprint density at radius 1 is 1.17 bits per heavy atom. The number of esters is 1. The summed E-state index contributed by atoms with van der Waals surface area (Å²) in [4.78, 5) is 25.0. The number of ketones is 1. The van der Waals surface area contributed by atoms with E-state index in [0.717, 1.165) is 25.7 Å². The molecule has 5 nitrogen and oxygen atoms in total. The summed E-state index contributed by atoms with van der Waals surface area (Å²) in [6.45, 7) is 9.63. The topological polar surface area (TPSA) is 83.8 Å². The van der Waals surface area contributed by atoms with Gasteiger partial charge >= 0.3 is 5.97 Å². The average Bonchev–Trinajstić information content (AvgIpc) is 2.86. The third-order valence-corrected chi connectivity index (χ3v) is 8.78. The molecule has 4 rings (SSSR count). The Bertz CT molecular complexity index is 764. The van der Waals surface area contributed by atoms with Crippen molar-refractivity contribution in [2.24, 2.45) is 28.6 Å². The number of allylic oxidation sites excluding steroid dienone is 1. The molecule has 0 saturated heterocycles. The molecule has 29 heavy (non-hydrogen) atoms. The molecular formula is C24H36O5. The van der Waals surface area contributed by atoms with Crippen molar-refractivity contribution in [3.05, 3.63) is 11.6 Å². The van der Waals surface area contributed by atoms with Gasteiger partial charge in [-0.1, -0.05) is 19.4 Å². The minimum atomic E-state index is -1.56. The fourth-order valence-corrected chi connectivity index (χ4v) is 7.39. The molecule has 0 amide bonds. The first kappa shape index (κ1) is 21.0. The Kier molecular flexibility index (Phi) is 4.64. The lowest BCUT2D eigenvalue weighted by Gasteiger charge is -2.60. The number of ether oxygens (including phenoxy) is 1. The van der Waals surface area contributed by atoms with Gasteiger partial charge in [0.05, 0.1) is 6.10 Å². The highest BCUT2D eigenvalue weighted by molar-refractivity contribution is 5.91. The molecule has 2 N–H and O–H groups in total. The number of aliphatic hydroxyl groups is 2. The van der Waals surface area contributed by atoms with Crippen LogP contribution in [0.1, 0.15) is 79.6 Å². The lowest BCUT2D eigenvalue weighted by Crippen LogP contribution is -2.62. The summed E-state index contributed by atoms with van der Waals surface area (Å²) < 4.78 is 5.61. The van der Waals surface area contributed by atoms with Crippen LogP contribution in [0.25, 0.3) is 0 Å². The van der Waals surface area contributed by atoms with Gasteiger partial charge in [0.2, 0.25) is 0 Å². The summed E-state index contributed by atoms with van der Waals surface area (Å²) in [6.07, 6.45) is 5.88. The van der Waals surface area contributed by atoms with E-state index in [-0.39, 0.29) is 29.0 Å². The molecule has 4 aliphatic rings. The molecule has 0 aliphatic heterocycles. The largest absolute Gasteiger partial charge is 0.458 e. The summed E-state index contributed by atoms with van der Waals surface area (Å²) in [5.41, 5.74) is -1.89. The van der Waals surface area contributed by atoms with Crippen LogP contribution in [0.15, 0.2) is 11.6 Å². The van der Waals surface area contributed by atoms with Gasteiger partial charge in [0.1, 0.15) is 5.60 Å². The average molecular weight is 405 g/mol. The highest BCUT2D eigenvalue weighted by atomic mass is 16.6. The number of hydrogen-bond donors (Lipinski definition) is 2. The summed E-state index contributed by atoms with van der Waals surface area (Å²) in [5.74, 6) is 0.146. The van der Waals surface area contributed by atoms with E-state index in [0.29, 0.717) is 19.3 Å². The van der Waals surface area contributed by atoms with Gasteiger partial charge in [-0.15, -0.1) is 0 Å². The smallest absolute Gasteiger partial charge is 0.339 e. The second kappa shape index (κ2) is 6.40. The quantitative estimate of drug-likeness (QED) is 0.653. The second-order valence-corrected chi connectivity index (χ2v) is 11.5. The zero-order chi connectivity index (χ0) is 21.4. The van der Waals surface area contributed by atoms with Crippen molar-refractivity contribution in [1.82, 2.24) is 0 Å². The van der Waals surface area contributed by atoms with E-state index in [4.69, 9.17) is 4.74 Å². The predicted octanol–water partition coefficient (Wildman–Crippen LogP) is 3.56. The molecule has 3 unspecified atom stereocenters. The molecule has 3 fully saturated rings. The Morgan fingerprint density at radius 3 is 2.52 bits per heavy atom. The highest BCUT2D eigenvalue weighted by Gasteiger charge is 2.69. The molecule has 0 aromatic carbocycles. The maximum absolute atomic E-state index is 13.0. The van der Waals surface area contributed by atoms with Crippen LogP contribution in [0.3, 0.4) is 0 Å². The summed E-state index contributed by atoms with van der Waals surface area (Å²) in [6, 6.07) is 0. The van der Waals surface area contributed by atoms with Crippen LogP contribution in [0.2, 0.25) is 0 Å². The zero-order valence-corrected chi connectivity index (χ0v) is 18.5. The summed E-state index contributed by atoms with van der Waals surface area (Å²) in [7, 11) is 0. The van der Waals surface area contributed by atoms with Gasteiger partial charge in [0, 0.05) is 11.8 Å². The van der Waals surface area contributed by atoms with Crippen molar-refractivity contribution < 1.29 is 24.5 Å². The predicted molar refractivity (Wildman–Crippen MR) is 109 cm³/mol. The maximum atomic E-state index is 13.0. The van der Waals surface area contributed by atoms with E-state index in [1.54, 1.807) is 0 Å². The van der Waals surface area contributed by atoms with Crippen LogP contribution in [-0.2, 0) is 14.3 Å². The lowest BCUT2D eigenvalue weighted by molar-refractivity contribution is -0.207. The molecule has 7 atom stereocenters. The highest BCUT2D eigenvalue weighted by Crippen LogP contribution is 2.67. The van der Waals surface area contributed by atoms with Crippen molar-refractivity contribution in [1.29, 1.82) is 0 Å². The number of carbonyl (C=O) groups excluding carboxylic acids is 2. The normalized spacial score (nSPS) is 47.0. The Labute approximate surface area is 173 Å². The third kappa shape index (κ3) is 2.95. The van der Waals surface area contributed by atoms with Gasteiger partial charge < -0.3 is 14.9 Å². The number of carbonyl (C=O) groups is 2. The number of fused-ring (bicyclic) bond motifs is 5. The second-order valence-electron chi connectivity index (χ2n) is 11.5. The maximum Gasteiger partial charge on any atom is 0.339 e. The molecule has 0 heterocycles. The monoisotopic (exact) mass is 404 g/mol. The van der Waals surface area contributed by atoms with E-state index in [2.05, 4.69) is 6.92 Å². The van der Waals surface area contributed by atoms with E-state index in [1.165, 1.54) is 5.57 Å².